The molecule has 2 aliphatic rings. The summed E-state index contributed by atoms with van der Waals surface area (Å²) in [5.74, 6) is -9.03. The Morgan fingerprint density at radius 2 is 1.42 bits per heavy atom. The average molecular weight is 635 g/mol. The SMILES string of the molecule is CCCCCC1CCC(c2ccc(C(F)(F)Oc3ccc(-c4ccc(C5C=C(F)C(F)=C(F)C5)c(F)c4)cc3)c(F)c2F)CC1. The molecule has 45 heavy (non-hydrogen) atoms. The Bertz CT molecular complexity index is 1570. The molecule has 0 aromatic heterocycles. The van der Waals surface area contributed by atoms with E-state index >= 15 is 17.6 Å². The third kappa shape index (κ3) is 7.28. The summed E-state index contributed by atoms with van der Waals surface area (Å²) < 4.78 is 121. The number of halogens is 8. The summed E-state index contributed by atoms with van der Waals surface area (Å²) >= 11 is 0. The van der Waals surface area contributed by atoms with Crippen molar-refractivity contribution in [3.05, 3.63) is 112 Å². The van der Waals surface area contributed by atoms with E-state index in [9.17, 15) is 17.6 Å². The Morgan fingerprint density at radius 3 is 2.07 bits per heavy atom. The first-order chi connectivity index (χ1) is 21.5. The van der Waals surface area contributed by atoms with E-state index in [4.69, 9.17) is 4.74 Å². The second kappa shape index (κ2) is 13.8. The fourth-order valence-corrected chi connectivity index (χ4v) is 6.40. The van der Waals surface area contributed by atoms with Crippen LogP contribution in [0.4, 0.5) is 35.1 Å². The lowest BCUT2D eigenvalue weighted by atomic mass is 9.76. The zero-order valence-corrected chi connectivity index (χ0v) is 24.8. The van der Waals surface area contributed by atoms with Gasteiger partial charge in [-0.2, -0.15) is 8.78 Å². The lowest BCUT2D eigenvalue weighted by Crippen LogP contribution is -2.25. The van der Waals surface area contributed by atoms with Crippen LogP contribution in [0.2, 0.25) is 0 Å². The minimum atomic E-state index is -4.18. The maximum Gasteiger partial charge on any atom is 0.429 e. The minimum absolute atomic E-state index is 0.0356. The summed E-state index contributed by atoms with van der Waals surface area (Å²) in [6, 6.07) is 11.1. The van der Waals surface area contributed by atoms with Crippen LogP contribution in [0, 0.1) is 23.4 Å². The monoisotopic (exact) mass is 634 g/mol. The van der Waals surface area contributed by atoms with Crippen molar-refractivity contribution in [3.63, 3.8) is 0 Å². The number of unbranched alkanes of at least 4 members (excludes halogenated alkanes) is 2. The van der Waals surface area contributed by atoms with Crippen LogP contribution in [0.25, 0.3) is 11.1 Å². The zero-order chi connectivity index (χ0) is 32.3. The molecule has 0 radical (unpaired) electrons. The second-order valence-corrected chi connectivity index (χ2v) is 12.0. The molecular formula is C36H34F8O. The van der Waals surface area contributed by atoms with Gasteiger partial charge in [-0.25, -0.2) is 26.3 Å². The van der Waals surface area contributed by atoms with Crippen LogP contribution in [-0.2, 0) is 6.11 Å². The molecule has 3 aromatic carbocycles. The minimum Gasteiger partial charge on any atom is -0.429 e. The molecule has 0 heterocycles. The molecule has 9 heteroatoms. The highest BCUT2D eigenvalue weighted by Gasteiger charge is 2.40. The van der Waals surface area contributed by atoms with Crippen molar-refractivity contribution in [2.75, 3.05) is 0 Å². The van der Waals surface area contributed by atoms with Gasteiger partial charge >= 0.3 is 6.11 Å². The first kappa shape index (κ1) is 32.8. The van der Waals surface area contributed by atoms with E-state index in [-0.39, 0.29) is 22.8 Å². The Hall–Kier alpha value is -3.62. The maximum absolute atomic E-state index is 15.1. The normalized spacial score (nSPS) is 20.7. The predicted molar refractivity (Wildman–Crippen MR) is 157 cm³/mol. The molecule has 0 N–H and O–H groups in total. The predicted octanol–water partition coefficient (Wildman–Crippen LogP) is 12.2. The number of hydrogen-bond acceptors (Lipinski definition) is 1. The van der Waals surface area contributed by atoms with E-state index < -0.39 is 58.9 Å². The van der Waals surface area contributed by atoms with Gasteiger partial charge in [-0.1, -0.05) is 62.9 Å². The summed E-state index contributed by atoms with van der Waals surface area (Å²) in [5.41, 5.74) is -0.402. The van der Waals surface area contributed by atoms with E-state index in [1.54, 1.807) is 0 Å². The van der Waals surface area contributed by atoms with Gasteiger partial charge in [-0.15, -0.1) is 0 Å². The molecule has 240 valence electrons. The molecule has 1 fully saturated rings. The van der Waals surface area contributed by atoms with E-state index in [1.165, 1.54) is 48.9 Å². The van der Waals surface area contributed by atoms with Crippen LogP contribution >= 0.6 is 0 Å². The molecule has 1 saturated carbocycles. The van der Waals surface area contributed by atoms with Crippen molar-refractivity contribution in [2.45, 2.75) is 82.7 Å². The summed E-state index contributed by atoms with van der Waals surface area (Å²) in [6.45, 7) is 2.14. The highest BCUT2D eigenvalue weighted by molar-refractivity contribution is 5.65. The Labute approximate surface area is 257 Å². The number of allylic oxidation sites excluding steroid dienone is 4. The Balaban J connectivity index is 1.25. The van der Waals surface area contributed by atoms with Crippen molar-refractivity contribution < 1.29 is 39.9 Å². The van der Waals surface area contributed by atoms with Gasteiger partial charge in [-0.3, -0.25) is 0 Å². The molecular weight excluding hydrogens is 600 g/mol. The number of benzene rings is 3. The molecule has 0 bridgehead atoms. The molecule has 1 atom stereocenters. The van der Waals surface area contributed by atoms with Crippen LogP contribution in [0.3, 0.4) is 0 Å². The summed E-state index contributed by atoms with van der Waals surface area (Å²) in [6.07, 6.45) is 3.87. The van der Waals surface area contributed by atoms with Gasteiger partial charge in [0.05, 0.1) is 0 Å². The standard InChI is InChI=1S/C36H34F8O/c1-2-3-4-5-21-6-8-23(9-7-21)28-16-17-29(34(41)33(28)40)36(43,44)45-26-13-10-22(11-14-26)24-12-15-27(30(37)18-24)25-19-31(38)35(42)32(39)20-25/h10-19,21,23,25H,2-9,20H2,1H3. The smallest absolute Gasteiger partial charge is 0.429 e. The van der Waals surface area contributed by atoms with Crippen LogP contribution in [0.5, 0.6) is 5.75 Å². The van der Waals surface area contributed by atoms with E-state index in [1.807, 2.05) is 0 Å². The summed E-state index contributed by atoms with van der Waals surface area (Å²) in [4.78, 5) is 0. The second-order valence-electron chi connectivity index (χ2n) is 12.0. The van der Waals surface area contributed by atoms with Crippen LogP contribution < -0.4 is 4.74 Å². The lowest BCUT2D eigenvalue weighted by molar-refractivity contribution is -0.187. The third-order valence-electron chi connectivity index (χ3n) is 8.96. The highest BCUT2D eigenvalue weighted by Crippen LogP contribution is 2.42. The number of alkyl halides is 2. The van der Waals surface area contributed by atoms with Crippen molar-refractivity contribution in [2.24, 2.45) is 5.92 Å². The van der Waals surface area contributed by atoms with Crippen molar-refractivity contribution in [1.29, 1.82) is 0 Å². The molecule has 2 aliphatic carbocycles. The van der Waals surface area contributed by atoms with Gasteiger partial charge in [0.1, 0.15) is 23.0 Å². The molecule has 1 unspecified atom stereocenters. The number of hydrogen-bond donors (Lipinski definition) is 0. The zero-order valence-electron chi connectivity index (χ0n) is 24.8. The van der Waals surface area contributed by atoms with Gasteiger partial charge in [0.25, 0.3) is 0 Å². The Morgan fingerprint density at radius 1 is 0.756 bits per heavy atom. The molecule has 1 nitrogen and oxygen atoms in total. The fourth-order valence-electron chi connectivity index (χ4n) is 6.40. The van der Waals surface area contributed by atoms with Gasteiger partial charge in [0.15, 0.2) is 23.3 Å². The fraction of sp³-hybridized carbons (Fsp3) is 0.389. The van der Waals surface area contributed by atoms with Crippen molar-refractivity contribution in [1.82, 2.24) is 0 Å². The van der Waals surface area contributed by atoms with Crippen molar-refractivity contribution in [3.8, 4) is 16.9 Å². The molecule has 5 rings (SSSR count). The number of rotatable bonds is 10. The maximum atomic E-state index is 15.1. The molecule has 3 aromatic rings. The van der Waals surface area contributed by atoms with E-state index in [2.05, 4.69) is 6.92 Å². The van der Waals surface area contributed by atoms with Gasteiger partial charge in [0, 0.05) is 12.3 Å². The first-order valence-electron chi connectivity index (χ1n) is 15.3. The molecule has 0 amide bonds. The molecule has 0 aliphatic heterocycles. The Kier molecular flexibility index (Phi) is 10.0. The van der Waals surface area contributed by atoms with Gasteiger partial charge in [-0.05, 0) is 90.1 Å². The summed E-state index contributed by atoms with van der Waals surface area (Å²) in [5, 5.41) is 0. The molecule has 0 saturated heterocycles. The number of ether oxygens (including phenoxy) is 1. The van der Waals surface area contributed by atoms with E-state index in [0.717, 1.165) is 50.3 Å². The quantitative estimate of drug-likeness (QED) is 0.159. The van der Waals surface area contributed by atoms with Gasteiger partial charge < -0.3 is 4.74 Å². The largest absolute Gasteiger partial charge is 0.429 e. The average Bonchev–Trinajstić information content (AvgIpc) is 3.01. The van der Waals surface area contributed by atoms with Crippen molar-refractivity contribution >= 4 is 0 Å². The topological polar surface area (TPSA) is 9.23 Å². The summed E-state index contributed by atoms with van der Waals surface area (Å²) in [7, 11) is 0. The van der Waals surface area contributed by atoms with Crippen LogP contribution in [-0.4, -0.2) is 0 Å². The highest BCUT2D eigenvalue weighted by atomic mass is 19.3. The molecule has 0 spiro atoms. The lowest BCUT2D eigenvalue weighted by Gasteiger charge is -2.29. The van der Waals surface area contributed by atoms with E-state index in [0.29, 0.717) is 29.9 Å². The van der Waals surface area contributed by atoms with Crippen LogP contribution in [0.1, 0.15) is 93.2 Å². The van der Waals surface area contributed by atoms with Gasteiger partial charge in [0.2, 0.25) is 0 Å². The third-order valence-corrected chi connectivity index (χ3v) is 8.96. The first-order valence-corrected chi connectivity index (χ1v) is 15.3. The van der Waals surface area contributed by atoms with Crippen LogP contribution in [0.15, 0.2) is 78.2 Å².